The molecule has 0 atom stereocenters. The van der Waals surface area contributed by atoms with Crippen molar-refractivity contribution >= 4 is 23.3 Å². The largest absolute Gasteiger partial charge is 0.382 e. The number of anilines is 2. The Morgan fingerprint density at radius 3 is 2.52 bits per heavy atom. The molecule has 2 fully saturated rings. The lowest BCUT2D eigenvalue weighted by Gasteiger charge is -2.36. The molecule has 0 radical (unpaired) electrons. The topological polar surface area (TPSA) is 90.5 Å². The first kappa shape index (κ1) is 21.1. The van der Waals surface area contributed by atoms with Crippen molar-refractivity contribution in [3.05, 3.63) is 47.9 Å². The molecule has 164 valence electrons. The second kappa shape index (κ2) is 9.76. The zero-order chi connectivity index (χ0) is 21.6. The van der Waals surface area contributed by atoms with E-state index in [0.29, 0.717) is 37.4 Å². The predicted molar refractivity (Wildman–Crippen MR) is 120 cm³/mol. The Balaban J connectivity index is 1.34. The summed E-state index contributed by atoms with van der Waals surface area (Å²) in [6.07, 6.45) is 7.71. The van der Waals surface area contributed by atoms with Crippen LogP contribution in [0.15, 0.2) is 36.7 Å². The molecule has 0 aromatic carbocycles. The van der Waals surface area contributed by atoms with E-state index < -0.39 is 0 Å². The van der Waals surface area contributed by atoms with Gasteiger partial charge in [-0.25, -0.2) is 4.98 Å². The monoisotopic (exact) mass is 422 g/mol. The summed E-state index contributed by atoms with van der Waals surface area (Å²) < 4.78 is 0. The van der Waals surface area contributed by atoms with Gasteiger partial charge in [-0.2, -0.15) is 0 Å². The maximum Gasteiger partial charge on any atom is 0.272 e. The quantitative estimate of drug-likeness (QED) is 0.744. The van der Waals surface area contributed by atoms with Crippen molar-refractivity contribution in [2.75, 3.05) is 42.9 Å². The van der Waals surface area contributed by atoms with E-state index in [1.165, 1.54) is 19.0 Å². The zero-order valence-corrected chi connectivity index (χ0v) is 18.0. The van der Waals surface area contributed by atoms with Crippen LogP contribution in [0.25, 0.3) is 0 Å². The number of nitrogens with one attached hydrogen (secondary N) is 2. The maximum atomic E-state index is 12.9. The number of hydrogen-bond donors (Lipinski definition) is 2. The average molecular weight is 423 g/mol. The van der Waals surface area contributed by atoms with Crippen LogP contribution in [0.5, 0.6) is 0 Å². The van der Waals surface area contributed by atoms with Gasteiger partial charge in [-0.05, 0) is 44.0 Å². The molecule has 2 amide bonds. The van der Waals surface area contributed by atoms with Crippen LogP contribution in [0.3, 0.4) is 0 Å². The number of nitrogens with zero attached hydrogens (tertiary/aromatic N) is 4. The summed E-state index contributed by atoms with van der Waals surface area (Å²) in [6, 6.07) is 7.55. The van der Waals surface area contributed by atoms with Gasteiger partial charge >= 0.3 is 0 Å². The molecule has 3 heterocycles. The van der Waals surface area contributed by atoms with Crippen LogP contribution in [0.4, 0.5) is 11.5 Å². The summed E-state index contributed by atoms with van der Waals surface area (Å²) in [6.45, 7) is 5.52. The number of carbonyl (C=O) groups is 2. The third-order valence-electron chi connectivity index (χ3n) is 5.96. The summed E-state index contributed by atoms with van der Waals surface area (Å²) >= 11 is 0. The maximum absolute atomic E-state index is 12.9. The Hall–Kier alpha value is -3.16. The Labute approximate surface area is 183 Å². The average Bonchev–Trinajstić information content (AvgIpc) is 3.32. The second-order valence-electron chi connectivity index (χ2n) is 8.07. The van der Waals surface area contributed by atoms with Gasteiger partial charge in [-0.3, -0.25) is 14.6 Å². The molecule has 31 heavy (non-hydrogen) atoms. The van der Waals surface area contributed by atoms with E-state index in [4.69, 9.17) is 0 Å². The molecule has 0 spiro atoms. The SMILES string of the molecule is CCNc1cccnc1N1CCN(C(=O)c2ccc(C(=O)NC3CCCC3)cn2)CC1. The van der Waals surface area contributed by atoms with Crippen molar-refractivity contribution in [3.63, 3.8) is 0 Å². The highest BCUT2D eigenvalue weighted by atomic mass is 16.2. The predicted octanol–water partition coefficient (Wildman–Crippen LogP) is 2.54. The lowest BCUT2D eigenvalue weighted by Crippen LogP contribution is -2.49. The summed E-state index contributed by atoms with van der Waals surface area (Å²) in [7, 11) is 0. The highest BCUT2D eigenvalue weighted by Gasteiger charge is 2.25. The number of amides is 2. The van der Waals surface area contributed by atoms with E-state index in [1.807, 2.05) is 17.0 Å². The van der Waals surface area contributed by atoms with Crippen molar-refractivity contribution in [2.45, 2.75) is 38.6 Å². The molecule has 1 aliphatic carbocycles. The van der Waals surface area contributed by atoms with Gasteiger partial charge in [0.15, 0.2) is 5.82 Å². The number of piperazine rings is 1. The van der Waals surface area contributed by atoms with Gasteiger partial charge in [-0.15, -0.1) is 0 Å². The van der Waals surface area contributed by atoms with Crippen LogP contribution in [-0.2, 0) is 0 Å². The fourth-order valence-corrected chi connectivity index (χ4v) is 4.25. The molecule has 1 saturated heterocycles. The molecule has 8 nitrogen and oxygen atoms in total. The standard InChI is InChI=1S/C23H30N6O2/c1-2-24-19-8-5-11-25-21(19)28-12-14-29(15-13-28)23(31)20-10-9-17(16-26-20)22(30)27-18-6-3-4-7-18/h5,8-11,16,18,24H,2-4,6-7,12-15H2,1H3,(H,27,30). The Kier molecular flexibility index (Phi) is 6.64. The van der Waals surface area contributed by atoms with Crippen LogP contribution in [-0.4, -0.2) is 65.4 Å². The minimum atomic E-state index is -0.112. The van der Waals surface area contributed by atoms with Crippen LogP contribution in [0.1, 0.15) is 53.5 Å². The second-order valence-corrected chi connectivity index (χ2v) is 8.07. The first-order valence-corrected chi connectivity index (χ1v) is 11.2. The Morgan fingerprint density at radius 1 is 1.06 bits per heavy atom. The third kappa shape index (κ3) is 4.95. The summed E-state index contributed by atoms with van der Waals surface area (Å²) in [5.74, 6) is 0.710. The molecular weight excluding hydrogens is 392 g/mol. The van der Waals surface area contributed by atoms with E-state index in [0.717, 1.165) is 30.9 Å². The lowest BCUT2D eigenvalue weighted by molar-refractivity contribution is 0.0740. The molecule has 2 aromatic heterocycles. The Morgan fingerprint density at radius 2 is 1.84 bits per heavy atom. The van der Waals surface area contributed by atoms with Crippen LogP contribution < -0.4 is 15.5 Å². The molecule has 4 rings (SSSR count). The molecule has 1 saturated carbocycles. The van der Waals surface area contributed by atoms with Crippen molar-refractivity contribution in [3.8, 4) is 0 Å². The molecule has 0 unspecified atom stereocenters. The fraction of sp³-hybridized carbons (Fsp3) is 0.478. The van der Waals surface area contributed by atoms with Crippen molar-refractivity contribution in [1.82, 2.24) is 20.2 Å². The van der Waals surface area contributed by atoms with E-state index in [1.54, 1.807) is 18.3 Å². The normalized spacial score (nSPS) is 16.9. The van der Waals surface area contributed by atoms with Gasteiger partial charge in [0.2, 0.25) is 0 Å². The van der Waals surface area contributed by atoms with Crippen LogP contribution >= 0.6 is 0 Å². The van der Waals surface area contributed by atoms with Crippen LogP contribution in [0, 0.1) is 0 Å². The van der Waals surface area contributed by atoms with E-state index in [9.17, 15) is 9.59 Å². The lowest BCUT2D eigenvalue weighted by atomic mass is 10.2. The fourth-order valence-electron chi connectivity index (χ4n) is 4.25. The van der Waals surface area contributed by atoms with E-state index in [-0.39, 0.29) is 17.9 Å². The first-order chi connectivity index (χ1) is 15.2. The van der Waals surface area contributed by atoms with Gasteiger partial charge in [0.05, 0.1) is 11.3 Å². The molecular formula is C23H30N6O2. The highest BCUT2D eigenvalue weighted by Crippen LogP contribution is 2.24. The molecule has 0 bridgehead atoms. The van der Waals surface area contributed by atoms with Crippen LogP contribution in [0.2, 0.25) is 0 Å². The minimum Gasteiger partial charge on any atom is -0.382 e. The summed E-state index contributed by atoms with van der Waals surface area (Å²) in [5, 5.41) is 6.39. The number of carbonyl (C=O) groups excluding carboxylic acids is 2. The molecule has 2 aromatic rings. The van der Waals surface area contributed by atoms with Gasteiger partial charge in [0.25, 0.3) is 11.8 Å². The van der Waals surface area contributed by atoms with Gasteiger partial charge in [-0.1, -0.05) is 12.8 Å². The third-order valence-corrected chi connectivity index (χ3v) is 5.96. The number of hydrogen-bond acceptors (Lipinski definition) is 6. The van der Waals surface area contributed by atoms with Gasteiger partial charge in [0, 0.05) is 51.2 Å². The highest BCUT2D eigenvalue weighted by molar-refractivity contribution is 5.96. The van der Waals surface area contributed by atoms with Crippen molar-refractivity contribution < 1.29 is 9.59 Å². The van der Waals surface area contributed by atoms with Gasteiger partial charge in [0.1, 0.15) is 5.69 Å². The number of aromatic nitrogens is 2. The first-order valence-electron chi connectivity index (χ1n) is 11.2. The number of rotatable bonds is 6. The van der Waals surface area contributed by atoms with Crippen molar-refractivity contribution in [1.29, 1.82) is 0 Å². The smallest absolute Gasteiger partial charge is 0.272 e. The molecule has 2 aliphatic rings. The zero-order valence-electron chi connectivity index (χ0n) is 18.0. The number of pyridine rings is 2. The molecule has 2 N–H and O–H groups in total. The van der Waals surface area contributed by atoms with Crippen molar-refractivity contribution in [2.24, 2.45) is 0 Å². The van der Waals surface area contributed by atoms with E-state index >= 15 is 0 Å². The summed E-state index contributed by atoms with van der Waals surface area (Å²) in [4.78, 5) is 38.1. The van der Waals surface area contributed by atoms with Gasteiger partial charge < -0.3 is 20.4 Å². The molecule has 8 heteroatoms. The summed E-state index contributed by atoms with van der Waals surface area (Å²) in [5.41, 5.74) is 1.88. The van der Waals surface area contributed by atoms with E-state index in [2.05, 4.69) is 32.4 Å². The minimum absolute atomic E-state index is 0.102. The molecule has 1 aliphatic heterocycles. The Bertz CT molecular complexity index is 903.